The standard InChI is InChI=1S/C59H42N6O.Pt/c1-59(2,3)42-34-35-60-56(36-42)65-50-27-14-13-24-48(50)49-32-30-45(38-54(49)65)64-55-37-44(31-33-53(55)63(58(64)66)43-22-11-6-12-23-43)61-39-62(52-29-16-15-28-51(52)61)57-46(40-18-7-4-8-19-40)25-17-26-47(57)41-20-9-5-10-21-41;/h4-36H,1-3H3;/q-2;/i4D,5D,7D,8D,9D,10D,18D,19D,20D,21D;. The van der Waals surface area contributed by atoms with Crippen LogP contribution < -0.4 is 10.3 Å². The second kappa shape index (κ2) is 16.5. The molecular weight excluding hydrogens is 1000 g/mol. The van der Waals surface area contributed by atoms with Crippen LogP contribution in [0.2, 0.25) is 0 Å². The molecule has 0 saturated carbocycles. The summed E-state index contributed by atoms with van der Waals surface area (Å²) in [7, 11) is 0. The van der Waals surface area contributed by atoms with E-state index in [0.717, 1.165) is 21.9 Å². The Morgan fingerprint density at radius 1 is 0.582 bits per heavy atom. The first-order chi connectivity index (χ1) is 36.5. The summed E-state index contributed by atoms with van der Waals surface area (Å²) < 4.78 is 96.3. The molecule has 0 bridgehead atoms. The van der Waals surface area contributed by atoms with E-state index in [4.69, 9.17) is 18.7 Å². The number of imidazole rings is 2. The zero-order valence-corrected chi connectivity index (χ0v) is 38.5. The van der Waals surface area contributed by atoms with Crippen LogP contribution in [0.3, 0.4) is 0 Å². The molecule has 0 aliphatic rings. The number of hydrogen-bond donors (Lipinski definition) is 0. The number of nitrogens with zero attached hydrogens (tertiary/aromatic N) is 6. The third kappa shape index (κ3) is 6.97. The molecule has 4 aromatic heterocycles. The number of aromatic nitrogens is 6. The van der Waals surface area contributed by atoms with Crippen molar-refractivity contribution in [2.75, 3.05) is 0 Å². The number of benzene rings is 8. The predicted molar refractivity (Wildman–Crippen MR) is 265 cm³/mol. The Morgan fingerprint density at radius 2 is 1.22 bits per heavy atom. The summed E-state index contributed by atoms with van der Waals surface area (Å²) in [6.07, 6.45) is 5.25. The first kappa shape index (κ1) is 31.9. The fourth-order valence-corrected chi connectivity index (χ4v) is 8.91. The molecule has 4 heterocycles. The van der Waals surface area contributed by atoms with Crippen molar-refractivity contribution >= 4 is 43.9 Å². The second-order valence-corrected chi connectivity index (χ2v) is 16.9. The van der Waals surface area contributed by atoms with Crippen LogP contribution in [-0.4, -0.2) is 23.3 Å². The SMILES string of the molecule is [2H]c1c([2H])c([2H])c(-c2cccc(-c3c([2H])c([2H])c([2H])c([2H])c3[2H])c2-[n+]2[c-]n(-c3[c-]c4c(cc3)n(-c3ccccc3)c(=O)n4-c3[c-]c4c(cc3)c3ccccc3n4-c3cc(C(C)(C)C)ccn3)c3ccccc32)c([2H])c1[2H].[Pt]. The van der Waals surface area contributed by atoms with Gasteiger partial charge in [0, 0.05) is 38.5 Å². The molecule has 0 fully saturated rings. The van der Waals surface area contributed by atoms with Gasteiger partial charge in [0.1, 0.15) is 5.82 Å². The third-order valence-electron chi connectivity index (χ3n) is 12.0. The van der Waals surface area contributed by atoms with Gasteiger partial charge >= 0.3 is 5.69 Å². The third-order valence-corrected chi connectivity index (χ3v) is 12.0. The smallest absolute Gasteiger partial charge is 0.319 e. The van der Waals surface area contributed by atoms with Crippen molar-refractivity contribution < 1.29 is 39.3 Å². The molecule has 0 N–H and O–H groups in total. The number of hydrogen-bond acceptors (Lipinski definition) is 2. The summed E-state index contributed by atoms with van der Waals surface area (Å²) in [5, 5.41) is 1.90. The topological polar surface area (TPSA) is 53.6 Å². The van der Waals surface area contributed by atoms with Crippen LogP contribution in [0.4, 0.5) is 0 Å². The van der Waals surface area contributed by atoms with Crippen LogP contribution in [0.1, 0.15) is 40.0 Å². The van der Waals surface area contributed by atoms with E-state index in [1.165, 1.54) is 0 Å². The maximum atomic E-state index is 15.3. The van der Waals surface area contributed by atoms with Crippen molar-refractivity contribution in [3.8, 4) is 50.8 Å². The molecule has 7 nitrogen and oxygen atoms in total. The minimum Gasteiger partial charge on any atom is -0.319 e. The van der Waals surface area contributed by atoms with Gasteiger partial charge in [0.2, 0.25) is 0 Å². The van der Waals surface area contributed by atoms with E-state index in [0.29, 0.717) is 50.5 Å². The average molecular weight is 1060 g/mol. The van der Waals surface area contributed by atoms with Gasteiger partial charge in [-0.25, -0.2) is 9.78 Å². The first-order valence-corrected chi connectivity index (χ1v) is 21.4. The normalized spacial score (nSPS) is 13.8. The number of para-hydroxylation sites is 5. The molecule has 0 aliphatic heterocycles. The van der Waals surface area contributed by atoms with Crippen molar-refractivity contribution in [1.29, 1.82) is 0 Å². The van der Waals surface area contributed by atoms with Crippen LogP contribution in [0.15, 0.2) is 205 Å². The Hall–Kier alpha value is -7.86. The summed E-state index contributed by atoms with van der Waals surface area (Å²) in [5.74, 6) is 0.700. The summed E-state index contributed by atoms with van der Waals surface area (Å²) in [6, 6.07) is 42.7. The maximum Gasteiger partial charge on any atom is 0.323 e. The number of pyridine rings is 1. The molecule has 12 aromatic rings. The molecule has 67 heavy (non-hydrogen) atoms. The minimum absolute atomic E-state index is 0. The summed E-state index contributed by atoms with van der Waals surface area (Å²) in [6.45, 7) is 6.46. The molecule has 0 saturated heterocycles. The predicted octanol–water partition coefficient (Wildman–Crippen LogP) is 12.5. The van der Waals surface area contributed by atoms with Crippen LogP contribution >= 0.6 is 0 Å². The summed E-state index contributed by atoms with van der Waals surface area (Å²) in [5.41, 5.74) is 5.66. The minimum atomic E-state index is -0.591. The molecule has 0 atom stereocenters. The van der Waals surface area contributed by atoms with Gasteiger partial charge in [-0.05, 0) is 85.7 Å². The van der Waals surface area contributed by atoms with Crippen LogP contribution in [0, 0.1) is 18.5 Å². The van der Waals surface area contributed by atoms with Crippen molar-refractivity contribution in [3.63, 3.8) is 0 Å². The number of rotatable bonds is 7. The molecule has 0 amide bonds. The van der Waals surface area contributed by atoms with E-state index in [1.807, 2.05) is 91.1 Å². The van der Waals surface area contributed by atoms with Gasteiger partial charge in [-0.2, -0.15) is 18.2 Å². The second-order valence-electron chi connectivity index (χ2n) is 16.9. The molecule has 0 unspecified atom stereocenters. The van der Waals surface area contributed by atoms with E-state index in [9.17, 15) is 0 Å². The Kier molecular flexibility index (Phi) is 7.88. The van der Waals surface area contributed by atoms with Crippen LogP contribution in [0.25, 0.3) is 94.7 Å². The van der Waals surface area contributed by atoms with E-state index in [2.05, 4.69) is 55.9 Å². The Morgan fingerprint density at radius 3 is 1.94 bits per heavy atom. The Labute approximate surface area is 416 Å². The molecule has 8 heteroatoms. The van der Waals surface area contributed by atoms with Crippen LogP contribution in [-0.2, 0) is 26.5 Å². The molecule has 0 spiro atoms. The van der Waals surface area contributed by atoms with Crippen molar-refractivity contribution in [2.45, 2.75) is 26.2 Å². The van der Waals surface area contributed by atoms with Gasteiger partial charge in [0.15, 0.2) is 0 Å². The van der Waals surface area contributed by atoms with Crippen molar-refractivity contribution in [3.05, 3.63) is 235 Å². The van der Waals surface area contributed by atoms with Crippen molar-refractivity contribution in [1.82, 2.24) is 23.3 Å². The van der Waals surface area contributed by atoms with Gasteiger partial charge in [-0.1, -0.05) is 171 Å². The van der Waals surface area contributed by atoms with Crippen LogP contribution in [0.5, 0.6) is 0 Å². The molecular formula is C59H42N6OPt-2. The molecule has 12 rings (SSSR count). The van der Waals surface area contributed by atoms with Gasteiger partial charge in [-0.3, -0.25) is 4.57 Å². The molecule has 326 valence electrons. The molecule has 8 aromatic carbocycles. The van der Waals surface area contributed by atoms with Gasteiger partial charge in [-0.15, -0.1) is 23.6 Å². The Balaban J connectivity index is 0.00000631. The zero-order valence-electron chi connectivity index (χ0n) is 46.2. The number of fused-ring (bicyclic) bond motifs is 5. The van der Waals surface area contributed by atoms with Gasteiger partial charge < -0.3 is 18.3 Å². The molecule has 0 aliphatic carbocycles. The first-order valence-electron chi connectivity index (χ1n) is 26.4. The fourth-order valence-electron chi connectivity index (χ4n) is 8.91. The van der Waals surface area contributed by atoms with E-state index < -0.39 is 60.4 Å². The maximum absolute atomic E-state index is 15.3. The van der Waals surface area contributed by atoms with E-state index in [-0.39, 0.29) is 60.1 Å². The zero-order chi connectivity index (χ0) is 53.2. The van der Waals surface area contributed by atoms with E-state index in [1.54, 1.807) is 54.7 Å². The average Bonchev–Trinajstić information content (AvgIpc) is 4.24. The van der Waals surface area contributed by atoms with Gasteiger partial charge in [0.25, 0.3) is 6.33 Å². The summed E-state index contributed by atoms with van der Waals surface area (Å²) in [4.78, 5) is 20.1. The van der Waals surface area contributed by atoms with E-state index >= 15 is 4.79 Å². The quantitative estimate of drug-likeness (QED) is 0.118. The fraction of sp³-hybridized carbons (Fsp3) is 0.0678. The van der Waals surface area contributed by atoms with Gasteiger partial charge in [0.05, 0.1) is 30.4 Å². The van der Waals surface area contributed by atoms with Crippen molar-refractivity contribution in [2.24, 2.45) is 0 Å². The largest absolute Gasteiger partial charge is 0.323 e. The monoisotopic (exact) mass is 1060 g/mol. The Bertz CT molecular complexity index is 4360. The summed E-state index contributed by atoms with van der Waals surface area (Å²) >= 11 is 0. The molecule has 0 radical (unpaired) electrons.